The van der Waals surface area contributed by atoms with Crippen molar-refractivity contribution in [3.05, 3.63) is 0 Å². The molecule has 0 radical (unpaired) electrons. The minimum Gasteiger partial charge on any atom is -0.481 e. The number of carbonyl (C=O) groups is 2. The summed E-state index contributed by atoms with van der Waals surface area (Å²) in [6.07, 6.45) is 21.8. The molecule has 1 atom stereocenters. The molecule has 0 aliphatic heterocycles. The first-order valence-corrected chi connectivity index (χ1v) is 12.3. The molecule has 0 fully saturated rings. The third-order valence-corrected chi connectivity index (χ3v) is 5.57. The highest BCUT2D eigenvalue weighted by atomic mass is 16.4. The molecule has 0 aliphatic carbocycles. The summed E-state index contributed by atoms with van der Waals surface area (Å²) in [4.78, 5) is 22.3. The number of carbonyl (C=O) groups excluding carboxylic acids is 1. The van der Waals surface area contributed by atoms with Gasteiger partial charge in [-0.1, -0.05) is 103 Å². The molecule has 0 aliphatic rings. The molecule has 0 spiro atoms. The maximum Gasteiger partial charge on any atom is 0.303 e. The van der Waals surface area contributed by atoms with E-state index in [1.54, 1.807) is 0 Å². The van der Waals surface area contributed by atoms with Crippen LogP contribution in [0.3, 0.4) is 0 Å². The van der Waals surface area contributed by atoms with Gasteiger partial charge in [0, 0.05) is 13.0 Å². The van der Waals surface area contributed by atoms with E-state index in [9.17, 15) is 9.59 Å². The molecule has 0 aromatic heterocycles. The van der Waals surface area contributed by atoms with Crippen LogP contribution in [0, 0.1) is 0 Å². The molecule has 0 aromatic rings. The van der Waals surface area contributed by atoms with Crippen LogP contribution in [0.4, 0.5) is 0 Å². The summed E-state index contributed by atoms with van der Waals surface area (Å²) in [6.45, 7) is 2.85. The van der Waals surface area contributed by atoms with Gasteiger partial charge in [0.25, 0.3) is 0 Å². The Hall–Kier alpha value is -1.10. The summed E-state index contributed by atoms with van der Waals surface area (Å²) in [5, 5.41) is 11.4. The summed E-state index contributed by atoms with van der Waals surface area (Å²) in [6, 6.07) is -0.411. The molecule has 0 rings (SSSR count). The molecule has 1 amide bonds. The lowest BCUT2D eigenvalue weighted by atomic mass is 10.0. The zero-order valence-corrected chi connectivity index (χ0v) is 19.1. The number of hydrogen-bond acceptors (Lipinski definition) is 3. The lowest BCUT2D eigenvalue weighted by Gasteiger charge is -2.12. The first-order chi connectivity index (χ1) is 14.1. The second kappa shape index (κ2) is 21.6. The van der Waals surface area contributed by atoms with Crippen LogP contribution in [-0.4, -0.2) is 29.6 Å². The smallest absolute Gasteiger partial charge is 0.303 e. The number of aliphatic carboxylic acids is 1. The number of rotatable bonds is 22. The lowest BCUT2D eigenvalue weighted by Crippen LogP contribution is -2.40. The third kappa shape index (κ3) is 21.4. The fourth-order valence-corrected chi connectivity index (χ4v) is 3.61. The minimum absolute atomic E-state index is 0.0714. The van der Waals surface area contributed by atoms with E-state index < -0.39 is 12.0 Å². The molecule has 0 heterocycles. The van der Waals surface area contributed by atoms with Crippen molar-refractivity contribution < 1.29 is 14.7 Å². The predicted octanol–water partition coefficient (Wildman–Crippen LogP) is 5.95. The number of nitrogens with one attached hydrogen (secondary N) is 1. The van der Waals surface area contributed by atoms with Gasteiger partial charge in [0.05, 0.1) is 6.04 Å². The molecule has 5 heteroatoms. The summed E-state index contributed by atoms with van der Waals surface area (Å²) in [7, 11) is 0. The Bertz CT molecular complexity index is 388. The van der Waals surface area contributed by atoms with Gasteiger partial charge in [-0.2, -0.15) is 0 Å². The number of carboxylic acid groups (broad SMARTS) is 1. The number of nitrogens with two attached hydrogens (primary N) is 1. The normalized spacial score (nSPS) is 12.1. The van der Waals surface area contributed by atoms with Gasteiger partial charge in [0.1, 0.15) is 0 Å². The van der Waals surface area contributed by atoms with Crippen LogP contribution in [0.1, 0.15) is 129 Å². The third-order valence-electron chi connectivity index (χ3n) is 5.57. The van der Waals surface area contributed by atoms with Crippen molar-refractivity contribution in [1.82, 2.24) is 5.32 Å². The highest BCUT2D eigenvalue weighted by Crippen LogP contribution is 2.13. The van der Waals surface area contributed by atoms with E-state index in [0.717, 1.165) is 32.1 Å². The Morgan fingerprint density at radius 1 is 0.724 bits per heavy atom. The van der Waals surface area contributed by atoms with E-state index in [4.69, 9.17) is 10.8 Å². The summed E-state index contributed by atoms with van der Waals surface area (Å²) in [5.41, 5.74) is 5.96. The summed E-state index contributed by atoms with van der Waals surface area (Å²) >= 11 is 0. The van der Waals surface area contributed by atoms with Crippen molar-refractivity contribution in [1.29, 1.82) is 0 Å². The zero-order chi connectivity index (χ0) is 21.6. The van der Waals surface area contributed by atoms with E-state index in [1.807, 2.05) is 0 Å². The van der Waals surface area contributed by atoms with E-state index >= 15 is 0 Å². The van der Waals surface area contributed by atoms with Gasteiger partial charge < -0.3 is 16.2 Å². The van der Waals surface area contributed by atoms with Gasteiger partial charge in [-0.05, 0) is 19.3 Å². The Balaban J connectivity index is 3.30. The highest BCUT2D eigenvalue weighted by molar-refractivity contribution is 5.81. The van der Waals surface area contributed by atoms with E-state index in [1.165, 1.54) is 77.0 Å². The average molecular weight is 413 g/mol. The average Bonchev–Trinajstić information content (AvgIpc) is 2.70. The van der Waals surface area contributed by atoms with Crippen molar-refractivity contribution >= 4 is 11.9 Å². The van der Waals surface area contributed by atoms with Crippen molar-refractivity contribution in [3.63, 3.8) is 0 Å². The molecular weight excluding hydrogens is 364 g/mol. The lowest BCUT2D eigenvalue weighted by molar-refractivity contribution is -0.137. The SMILES string of the molecule is CCCCCCCCCCCCCCCCC(N)C(=O)NCCCCCC(=O)O. The maximum absolute atomic E-state index is 11.9. The van der Waals surface area contributed by atoms with Gasteiger partial charge in [-0.3, -0.25) is 9.59 Å². The molecule has 0 saturated heterocycles. The number of hydrogen-bond donors (Lipinski definition) is 3. The van der Waals surface area contributed by atoms with Crippen LogP contribution in [0.25, 0.3) is 0 Å². The van der Waals surface area contributed by atoms with Crippen LogP contribution in [0.5, 0.6) is 0 Å². The molecule has 0 bridgehead atoms. The van der Waals surface area contributed by atoms with Gasteiger partial charge in [0.15, 0.2) is 0 Å². The van der Waals surface area contributed by atoms with Crippen LogP contribution >= 0.6 is 0 Å². The van der Waals surface area contributed by atoms with Gasteiger partial charge >= 0.3 is 5.97 Å². The zero-order valence-electron chi connectivity index (χ0n) is 19.1. The van der Waals surface area contributed by atoms with E-state index in [0.29, 0.717) is 13.0 Å². The molecule has 0 saturated carbocycles. The molecule has 0 aromatic carbocycles. The number of unbranched alkanes of at least 4 members (excludes halogenated alkanes) is 15. The molecule has 5 nitrogen and oxygen atoms in total. The predicted molar refractivity (Wildman–Crippen MR) is 122 cm³/mol. The molecule has 4 N–H and O–H groups in total. The second-order valence-electron chi connectivity index (χ2n) is 8.49. The molecule has 172 valence electrons. The first-order valence-electron chi connectivity index (χ1n) is 12.3. The Kier molecular flexibility index (Phi) is 20.8. The fraction of sp³-hybridized carbons (Fsp3) is 0.917. The summed E-state index contributed by atoms with van der Waals surface area (Å²) in [5.74, 6) is -0.831. The standard InChI is InChI=1S/C24H48N2O3/c1-2-3-4-5-6-7-8-9-10-11-12-13-14-16-19-22(25)24(29)26-21-18-15-17-20-23(27)28/h22H,2-21,25H2,1H3,(H,26,29)(H,27,28). The van der Waals surface area contributed by atoms with Gasteiger partial charge in [-0.25, -0.2) is 0 Å². The number of carboxylic acids is 1. The van der Waals surface area contributed by atoms with Crippen LogP contribution in [-0.2, 0) is 9.59 Å². The van der Waals surface area contributed by atoms with E-state index in [-0.39, 0.29) is 12.3 Å². The second-order valence-corrected chi connectivity index (χ2v) is 8.49. The fourth-order valence-electron chi connectivity index (χ4n) is 3.61. The molecular formula is C24H48N2O3. The van der Waals surface area contributed by atoms with Crippen LogP contribution in [0.2, 0.25) is 0 Å². The Morgan fingerprint density at radius 2 is 1.17 bits per heavy atom. The first kappa shape index (κ1) is 27.9. The quantitative estimate of drug-likeness (QED) is 0.192. The summed E-state index contributed by atoms with van der Waals surface area (Å²) < 4.78 is 0. The van der Waals surface area contributed by atoms with Crippen LogP contribution in [0.15, 0.2) is 0 Å². The van der Waals surface area contributed by atoms with Gasteiger partial charge in [0.2, 0.25) is 5.91 Å². The van der Waals surface area contributed by atoms with Crippen molar-refractivity contribution in [2.24, 2.45) is 5.73 Å². The van der Waals surface area contributed by atoms with Gasteiger partial charge in [-0.15, -0.1) is 0 Å². The number of amides is 1. The van der Waals surface area contributed by atoms with Crippen molar-refractivity contribution in [3.8, 4) is 0 Å². The maximum atomic E-state index is 11.9. The van der Waals surface area contributed by atoms with Crippen molar-refractivity contribution in [2.45, 2.75) is 135 Å². The van der Waals surface area contributed by atoms with E-state index in [2.05, 4.69) is 12.2 Å². The molecule has 29 heavy (non-hydrogen) atoms. The largest absolute Gasteiger partial charge is 0.481 e. The minimum atomic E-state index is -0.760. The topological polar surface area (TPSA) is 92.4 Å². The Morgan fingerprint density at radius 3 is 1.66 bits per heavy atom. The van der Waals surface area contributed by atoms with Crippen molar-refractivity contribution in [2.75, 3.05) is 6.54 Å². The van der Waals surface area contributed by atoms with Crippen LogP contribution < -0.4 is 11.1 Å². The monoisotopic (exact) mass is 412 g/mol. The Labute approximate surface area is 179 Å². The molecule has 1 unspecified atom stereocenters. The highest BCUT2D eigenvalue weighted by Gasteiger charge is 2.11.